The number of phenols is 1. The number of ether oxygens (including phenoxy) is 1. The third-order valence-electron chi connectivity index (χ3n) is 4.61. The molecule has 1 amide bonds. The molecule has 2 aromatic rings. The van der Waals surface area contributed by atoms with Crippen LogP contribution < -0.4 is 4.74 Å². The molecule has 0 spiro atoms. The van der Waals surface area contributed by atoms with Gasteiger partial charge in [0.15, 0.2) is 0 Å². The highest BCUT2D eigenvalue weighted by Gasteiger charge is 2.34. The summed E-state index contributed by atoms with van der Waals surface area (Å²) in [5.41, 5.74) is -0.227. The van der Waals surface area contributed by atoms with Crippen molar-refractivity contribution >= 4 is 24.8 Å². The molecule has 1 fully saturated rings. The van der Waals surface area contributed by atoms with Crippen molar-refractivity contribution < 1.29 is 39.5 Å². The molecule has 31 heavy (non-hydrogen) atoms. The van der Waals surface area contributed by atoms with Crippen molar-refractivity contribution in [3.63, 3.8) is 0 Å². The lowest BCUT2D eigenvalue weighted by atomic mass is 9.82. The largest absolute Gasteiger partial charge is 0.507 e. The first-order chi connectivity index (χ1) is 14.7. The van der Waals surface area contributed by atoms with E-state index >= 15 is 0 Å². The van der Waals surface area contributed by atoms with Crippen molar-refractivity contribution in [3.05, 3.63) is 39.6 Å². The Kier molecular flexibility index (Phi) is 6.36. The second kappa shape index (κ2) is 8.97. The molecule has 4 N–H and O–H groups in total. The Labute approximate surface area is 174 Å². The number of hydrogen-bond acceptors (Lipinski definition) is 10. The normalized spacial score (nSPS) is 13.5. The molecule has 14 nitrogen and oxygen atoms in total. The van der Waals surface area contributed by atoms with Crippen LogP contribution in [0.15, 0.2) is 18.3 Å². The first-order valence-corrected chi connectivity index (χ1v) is 9.09. The van der Waals surface area contributed by atoms with Gasteiger partial charge in [-0.15, -0.1) is 0 Å². The lowest BCUT2D eigenvalue weighted by molar-refractivity contribution is -0.389. The van der Waals surface area contributed by atoms with E-state index in [-0.39, 0.29) is 49.6 Å². The predicted molar refractivity (Wildman–Crippen MR) is 101 cm³/mol. The molecular weight excluding hydrogens is 417 g/mol. The lowest BCUT2D eigenvalue weighted by Gasteiger charge is -2.39. The zero-order chi connectivity index (χ0) is 22.7. The summed E-state index contributed by atoms with van der Waals surface area (Å²) in [6, 6.07) is 2.79. The molecule has 1 aliphatic rings. The van der Waals surface area contributed by atoms with E-state index in [2.05, 4.69) is 10.3 Å². The third-order valence-corrected chi connectivity index (χ3v) is 4.61. The van der Waals surface area contributed by atoms with Gasteiger partial charge in [-0.1, -0.05) is 6.07 Å². The average molecular weight is 435 g/mol. The molecular formula is C16H18BN5O9. The van der Waals surface area contributed by atoms with Crippen LogP contribution in [-0.2, 0) is 17.8 Å². The van der Waals surface area contributed by atoms with E-state index in [1.807, 2.05) is 0 Å². The SMILES string of the molecule is O=C(O)c1c(OC2CN(C(=O)Cn3cc([N+](=O)[O-])nn3)C2)ccc(CCB(O)O)c1O. The Balaban J connectivity index is 1.60. The summed E-state index contributed by atoms with van der Waals surface area (Å²) in [5.74, 6) is -2.87. The minimum absolute atomic E-state index is 0.0518. The van der Waals surface area contributed by atoms with E-state index in [9.17, 15) is 29.9 Å². The van der Waals surface area contributed by atoms with E-state index in [4.69, 9.17) is 14.8 Å². The number of hydrogen-bond donors (Lipinski definition) is 4. The maximum atomic E-state index is 12.2. The van der Waals surface area contributed by atoms with Crippen LogP contribution in [0.1, 0.15) is 15.9 Å². The standard InChI is InChI=1S/C16H18BN5O9/c23-13(8-21-7-12(18-19-21)22(29)30)20-5-10(6-20)31-11-2-1-9(3-4-17(27)28)15(24)14(11)16(25)26/h1-2,7,10,24,27-28H,3-6,8H2,(H,25,26). The molecule has 1 aliphatic heterocycles. The first-order valence-electron chi connectivity index (χ1n) is 9.09. The second-order valence-corrected chi connectivity index (χ2v) is 6.84. The topological polar surface area (TPSA) is 201 Å². The number of aromatic carboxylic acids is 1. The van der Waals surface area contributed by atoms with Crippen molar-refractivity contribution in [3.8, 4) is 11.5 Å². The van der Waals surface area contributed by atoms with Crippen molar-refractivity contribution in [2.75, 3.05) is 13.1 Å². The summed E-state index contributed by atoms with van der Waals surface area (Å²) in [7, 11) is -1.59. The maximum absolute atomic E-state index is 12.2. The monoisotopic (exact) mass is 435 g/mol. The highest BCUT2D eigenvalue weighted by Crippen LogP contribution is 2.34. The molecule has 0 bridgehead atoms. The number of benzene rings is 1. The van der Waals surface area contributed by atoms with Crippen LogP contribution in [0.25, 0.3) is 0 Å². The number of aryl methyl sites for hydroxylation is 1. The van der Waals surface area contributed by atoms with Gasteiger partial charge in [-0.25, -0.2) is 9.48 Å². The Hall–Kier alpha value is -3.72. The van der Waals surface area contributed by atoms with Gasteiger partial charge in [-0.2, -0.15) is 0 Å². The molecule has 0 atom stereocenters. The highest BCUT2D eigenvalue weighted by atomic mass is 16.6. The van der Waals surface area contributed by atoms with Crippen molar-refractivity contribution in [2.45, 2.75) is 25.4 Å². The number of amides is 1. The number of nitro groups is 1. The third kappa shape index (κ3) is 5.07. The smallest absolute Gasteiger partial charge is 0.451 e. The van der Waals surface area contributed by atoms with E-state index < -0.39 is 41.2 Å². The summed E-state index contributed by atoms with van der Waals surface area (Å²) in [5, 5.41) is 55.0. The summed E-state index contributed by atoms with van der Waals surface area (Å²) in [4.78, 5) is 35.1. The fourth-order valence-corrected chi connectivity index (χ4v) is 2.99. The van der Waals surface area contributed by atoms with Crippen LogP contribution in [0.5, 0.6) is 11.5 Å². The predicted octanol–water partition coefficient (Wildman–Crippen LogP) is -1.10. The second-order valence-electron chi connectivity index (χ2n) is 6.84. The number of carbonyl (C=O) groups excluding carboxylic acids is 1. The van der Waals surface area contributed by atoms with Crippen LogP contribution in [0.3, 0.4) is 0 Å². The number of carboxylic acid groups (broad SMARTS) is 1. The summed E-state index contributed by atoms with van der Waals surface area (Å²) >= 11 is 0. The molecule has 0 aliphatic carbocycles. The van der Waals surface area contributed by atoms with Gasteiger partial charge in [0.2, 0.25) is 5.91 Å². The van der Waals surface area contributed by atoms with Crippen LogP contribution in [0.2, 0.25) is 6.32 Å². The number of nitrogens with zero attached hydrogens (tertiary/aromatic N) is 5. The van der Waals surface area contributed by atoms with Crippen LogP contribution in [-0.4, -0.2) is 83.3 Å². The van der Waals surface area contributed by atoms with Gasteiger partial charge >= 0.3 is 18.9 Å². The van der Waals surface area contributed by atoms with E-state index in [1.54, 1.807) is 0 Å². The summed E-state index contributed by atoms with van der Waals surface area (Å²) in [6.45, 7) is 0.0436. The van der Waals surface area contributed by atoms with Gasteiger partial charge in [0.1, 0.15) is 41.0 Å². The first kappa shape index (κ1) is 22.0. The fraction of sp³-hybridized carbons (Fsp3) is 0.375. The zero-order valence-electron chi connectivity index (χ0n) is 16.0. The number of aromatic nitrogens is 3. The summed E-state index contributed by atoms with van der Waals surface area (Å²) < 4.78 is 6.65. The number of likely N-dealkylation sites (tertiary alicyclic amines) is 1. The quantitative estimate of drug-likeness (QED) is 0.211. The molecule has 2 heterocycles. The van der Waals surface area contributed by atoms with Crippen molar-refractivity contribution in [1.29, 1.82) is 0 Å². The number of carboxylic acids is 1. The molecule has 1 saturated heterocycles. The van der Waals surface area contributed by atoms with Gasteiger partial charge in [0.05, 0.1) is 18.3 Å². The fourth-order valence-electron chi connectivity index (χ4n) is 2.99. The van der Waals surface area contributed by atoms with Crippen molar-refractivity contribution in [1.82, 2.24) is 19.9 Å². The molecule has 1 aromatic carbocycles. The summed E-state index contributed by atoms with van der Waals surface area (Å²) in [6.07, 6.45) is 0.486. The average Bonchev–Trinajstić information content (AvgIpc) is 3.11. The molecule has 3 rings (SSSR count). The van der Waals surface area contributed by atoms with Gasteiger partial charge in [-0.05, 0) is 29.3 Å². The van der Waals surface area contributed by atoms with Crippen molar-refractivity contribution in [2.24, 2.45) is 0 Å². The number of rotatable bonds is 9. The Morgan fingerprint density at radius 1 is 1.32 bits per heavy atom. The van der Waals surface area contributed by atoms with Gasteiger partial charge < -0.3 is 40.0 Å². The maximum Gasteiger partial charge on any atom is 0.451 e. The number of carbonyl (C=O) groups is 2. The zero-order valence-corrected chi connectivity index (χ0v) is 16.0. The molecule has 1 aromatic heterocycles. The van der Waals surface area contributed by atoms with Crippen LogP contribution in [0, 0.1) is 10.1 Å². The molecule has 0 saturated carbocycles. The molecule has 0 radical (unpaired) electrons. The van der Waals surface area contributed by atoms with Gasteiger partial charge in [-0.3, -0.25) is 4.79 Å². The minimum atomic E-state index is -1.59. The number of aromatic hydroxyl groups is 1. The minimum Gasteiger partial charge on any atom is -0.507 e. The van der Waals surface area contributed by atoms with E-state index in [0.29, 0.717) is 0 Å². The Bertz CT molecular complexity index is 1010. The van der Waals surface area contributed by atoms with Gasteiger partial charge in [0.25, 0.3) is 0 Å². The lowest BCUT2D eigenvalue weighted by Crippen LogP contribution is -2.57. The molecule has 0 unspecified atom stereocenters. The molecule has 15 heteroatoms. The van der Waals surface area contributed by atoms with Crippen LogP contribution in [0.4, 0.5) is 5.82 Å². The van der Waals surface area contributed by atoms with Gasteiger partial charge in [0, 0.05) is 0 Å². The highest BCUT2D eigenvalue weighted by molar-refractivity contribution is 6.41. The van der Waals surface area contributed by atoms with E-state index in [0.717, 1.165) is 10.9 Å². The molecule has 164 valence electrons. The Morgan fingerprint density at radius 2 is 2.03 bits per heavy atom. The van der Waals surface area contributed by atoms with E-state index in [1.165, 1.54) is 17.0 Å². The van der Waals surface area contributed by atoms with Crippen LogP contribution >= 0.6 is 0 Å². The Morgan fingerprint density at radius 3 is 2.61 bits per heavy atom.